The molecule has 51 heavy (non-hydrogen) atoms. The number of carbonyl (C=O) groups is 5. The minimum Gasteiger partial charge on any atom is -0.463 e. The summed E-state index contributed by atoms with van der Waals surface area (Å²) >= 11 is 0. The fraction of sp³-hybridized carbons (Fsp3) is 0.382. The molecule has 1 saturated heterocycles. The van der Waals surface area contributed by atoms with Crippen molar-refractivity contribution in [2.75, 3.05) is 6.61 Å². The van der Waals surface area contributed by atoms with Gasteiger partial charge in [0.15, 0.2) is 30.6 Å². The number of ether oxygens (including phenoxy) is 7. The molecule has 5 unspecified atom stereocenters. The highest BCUT2D eigenvalue weighted by Gasteiger charge is 2.53. The van der Waals surface area contributed by atoms with Crippen LogP contribution in [0.1, 0.15) is 45.5 Å². The number of aromatic nitrogens is 3. The van der Waals surface area contributed by atoms with Crippen LogP contribution in [-0.2, 0) is 63.7 Å². The van der Waals surface area contributed by atoms with Crippen LogP contribution in [0.5, 0.6) is 0 Å². The Kier molecular flexibility index (Phi) is 11.3. The van der Waals surface area contributed by atoms with E-state index in [-0.39, 0.29) is 12.3 Å². The first-order chi connectivity index (χ1) is 24.3. The summed E-state index contributed by atoms with van der Waals surface area (Å²) in [6.45, 7) is 3.68. The Labute approximate surface area is 289 Å². The number of benzene rings is 2. The van der Waals surface area contributed by atoms with Gasteiger partial charge in [-0.1, -0.05) is 48.5 Å². The van der Waals surface area contributed by atoms with Crippen LogP contribution in [0.15, 0.2) is 82.4 Å². The van der Waals surface area contributed by atoms with Crippen molar-refractivity contribution in [2.24, 2.45) is 0 Å². The van der Waals surface area contributed by atoms with Crippen LogP contribution >= 0.6 is 0 Å². The predicted molar refractivity (Wildman–Crippen MR) is 171 cm³/mol. The molecule has 3 aromatic rings. The molecule has 0 spiro atoms. The number of hydrogen-bond acceptors (Lipinski definition) is 14. The lowest BCUT2D eigenvalue weighted by molar-refractivity contribution is -0.321. The number of carbonyl (C=O) groups excluding carboxylic acids is 5. The molecule has 17 nitrogen and oxygen atoms in total. The van der Waals surface area contributed by atoms with Crippen LogP contribution in [0.4, 0.5) is 0 Å². The molecular weight excluding hydrogens is 674 g/mol. The summed E-state index contributed by atoms with van der Waals surface area (Å²) in [5.41, 5.74) is -0.967. The van der Waals surface area contributed by atoms with Crippen molar-refractivity contribution in [3.63, 3.8) is 0 Å². The van der Waals surface area contributed by atoms with Gasteiger partial charge in [0.25, 0.3) is 0 Å². The van der Waals surface area contributed by atoms with Gasteiger partial charge < -0.3 is 33.2 Å². The van der Waals surface area contributed by atoms with Crippen LogP contribution in [0.2, 0.25) is 0 Å². The molecule has 0 amide bonds. The van der Waals surface area contributed by atoms with E-state index in [4.69, 9.17) is 33.2 Å². The standard InChI is InChI=1S/C34H35N3O14/c1-19(38)45-18-26-28(47-20(2)39)29(48-21(3)40)30(49-22(4)41)32(50-26)51-27-16-15-25(31(42)46-17-23-11-7-5-8-12-23)36-33(43)35(34(44)37(27)36)24-13-9-6-10-14-24/h5-16,25-30,32H,17-18H2,1-4H3/t25-,26?,27-,28?,29?,30?,32?/m0/s1. The van der Waals surface area contributed by atoms with Crippen LogP contribution in [0.25, 0.3) is 5.69 Å². The van der Waals surface area contributed by atoms with E-state index in [1.807, 2.05) is 0 Å². The fourth-order valence-corrected chi connectivity index (χ4v) is 5.65. The summed E-state index contributed by atoms with van der Waals surface area (Å²) in [5.74, 6) is -4.14. The van der Waals surface area contributed by atoms with Crippen molar-refractivity contribution in [1.29, 1.82) is 0 Å². The van der Waals surface area contributed by atoms with Gasteiger partial charge in [-0.3, -0.25) is 19.2 Å². The first-order valence-electron chi connectivity index (χ1n) is 15.7. The van der Waals surface area contributed by atoms with E-state index in [1.54, 1.807) is 48.5 Å². The zero-order chi connectivity index (χ0) is 36.8. The van der Waals surface area contributed by atoms with Gasteiger partial charge in [0.1, 0.15) is 19.3 Å². The zero-order valence-corrected chi connectivity index (χ0v) is 27.9. The van der Waals surface area contributed by atoms with Gasteiger partial charge in [-0.25, -0.2) is 23.6 Å². The van der Waals surface area contributed by atoms with E-state index in [0.717, 1.165) is 41.6 Å². The molecule has 2 aliphatic heterocycles. The lowest BCUT2D eigenvalue weighted by atomic mass is 9.98. The van der Waals surface area contributed by atoms with E-state index in [1.165, 1.54) is 24.3 Å². The third kappa shape index (κ3) is 8.33. The van der Waals surface area contributed by atoms with Gasteiger partial charge >= 0.3 is 41.2 Å². The molecule has 0 bridgehead atoms. The van der Waals surface area contributed by atoms with Gasteiger partial charge in [0, 0.05) is 27.7 Å². The van der Waals surface area contributed by atoms with Gasteiger partial charge in [0.05, 0.1) is 5.69 Å². The number of rotatable bonds is 11. The van der Waals surface area contributed by atoms with Crippen LogP contribution in [0.3, 0.4) is 0 Å². The SMILES string of the molecule is CC(=O)OCC1OC(O[C@H]2C=C[C@@H](C(=O)OCc3ccccc3)n3c(=O)n(-c4ccccc4)c(=O)n32)C(OC(C)=O)C(OC(C)=O)C1OC(C)=O. The Balaban J connectivity index is 1.57. The van der Waals surface area contributed by atoms with Crippen molar-refractivity contribution < 1.29 is 57.1 Å². The van der Waals surface area contributed by atoms with Crippen molar-refractivity contribution in [3.8, 4) is 5.69 Å². The van der Waals surface area contributed by atoms with Crippen LogP contribution in [-0.4, -0.2) is 81.1 Å². The average molecular weight is 710 g/mol. The highest BCUT2D eigenvalue weighted by molar-refractivity contribution is 5.76. The molecule has 0 radical (unpaired) electrons. The van der Waals surface area contributed by atoms with Gasteiger partial charge in [-0.05, 0) is 29.8 Å². The highest BCUT2D eigenvalue weighted by atomic mass is 16.7. The Bertz CT molecular complexity index is 1910. The lowest BCUT2D eigenvalue weighted by Gasteiger charge is -2.44. The maximum absolute atomic E-state index is 14.0. The van der Waals surface area contributed by atoms with Gasteiger partial charge in [-0.15, -0.1) is 0 Å². The summed E-state index contributed by atoms with van der Waals surface area (Å²) < 4.78 is 41.7. The summed E-state index contributed by atoms with van der Waals surface area (Å²) in [7, 11) is 0. The summed E-state index contributed by atoms with van der Waals surface area (Å²) in [4.78, 5) is 89.9. The van der Waals surface area contributed by atoms with E-state index >= 15 is 0 Å². The number of hydrogen-bond donors (Lipinski definition) is 0. The number of nitrogens with zero attached hydrogens (tertiary/aromatic N) is 3. The van der Waals surface area contributed by atoms with Crippen molar-refractivity contribution in [3.05, 3.63) is 99.3 Å². The lowest BCUT2D eigenvalue weighted by Crippen LogP contribution is -2.63. The molecular formula is C34H35N3O14. The summed E-state index contributed by atoms with van der Waals surface area (Å²) in [6, 6.07) is 15.3. The third-order valence-corrected chi connectivity index (χ3v) is 7.67. The van der Waals surface area contributed by atoms with E-state index in [9.17, 15) is 33.6 Å². The highest BCUT2D eigenvalue weighted by Crippen LogP contribution is 2.33. The molecule has 17 heteroatoms. The molecule has 7 atom stereocenters. The largest absolute Gasteiger partial charge is 0.463 e. The van der Waals surface area contributed by atoms with Gasteiger partial charge in [0.2, 0.25) is 6.29 Å². The second-order valence-electron chi connectivity index (χ2n) is 11.4. The molecule has 270 valence electrons. The normalized spacial score (nSPS) is 23.7. The molecule has 5 rings (SSSR count). The fourth-order valence-electron chi connectivity index (χ4n) is 5.65. The number of esters is 5. The first kappa shape index (κ1) is 36.5. The third-order valence-electron chi connectivity index (χ3n) is 7.67. The van der Waals surface area contributed by atoms with Crippen molar-refractivity contribution in [2.45, 2.75) is 77.3 Å². The topological polar surface area (TPSA) is 199 Å². The Morgan fingerprint density at radius 1 is 0.667 bits per heavy atom. The molecule has 0 aliphatic carbocycles. The summed E-state index contributed by atoms with van der Waals surface area (Å²) in [5, 5.41) is 0. The smallest absolute Gasteiger partial charge is 0.354 e. The van der Waals surface area contributed by atoms with E-state index < -0.39 is 90.8 Å². The molecule has 2 aliphatic rings. The Morgan fingerprint density at radius 2 is 1.24 bits per heavy atom. The second kappa shape index (κ2) is 15.8. The van der Waals surface area contributed by atoms with Crippen LogP contribution < -0.4 is 11.4 Å². The first-order valence-corrected chi connectivity index (χ1v) is 15.7. The minimum atomic E-state index is -1.71. The van der Waals surface area contributed by atoms with Gasteiger partial charge in [-0.2, -0.15) is 4.68 Å². The minimum absolute atomic E-state index is 0.118. The Morgan fingerprint density at radius 3 is 1.84 bits per heavy atom. The molecule has 0 N–H and O–H groups in total. The molecule has 3 heterocycles. The monoisotopic (exact) mass is 709 g/mol. The molecule has 2 aromatic carbocycles. The number of para-hydroxylation sites is 1. The summed E-state index contributed by atoms with van der Waals surface area (Å²) in [6.07, 6.45) is -6.64. The average Bonchev–Trinajstić information content (AvgIpc) is 3.35. The maximum atomic E-state index is 14.0. The number of fused-ring (bicyclic) bond motifs is 1. The van der Waals surface area contributed by atoms with E-state index in [2.05, 4.69) is 0 Å². The van der Waals surface area contributed by atoms with Crippen LogP contribution in [0, 0.1) is 0 Å². The molecule has 0 saturated carbocycles. The van der Waals surface area contributed by atoms with E-state index in [0.29, 0.717) is 5.56 Å². The quantitative estimate of drug-likeness (QED) is 0.157. The predicted octanol–water partition coefficient (Wildman–Crippen LogP) is 1.25. The molecule has 1 fully saturated rings. The molecule has 1 aromatic heterocycles. The van der Waals surface area contributed by atoms with Crippen molar-refractivity contribution in [1.82, 2.24) is 13.9 Å². The maximum Gasteiger partial charge on any atom is 0.354 e. The second-order valence-corrected chi connectivity index (χ2v) is 11.4. The van der Waals surface area contributed by atoms with Crippen molar-refractivity contribution >= 4 is 29.8 Å². The zero-order valence-electron chi connectivity index (χ0n) is 27.9. The Hall–Kier alpha value is -5.81.